The van der Waals surface area contributed by atoms with E-state index in [9.17, 15) is 0 Å². The molecule has 8 aromatic rings. The van der Waals surface area contributed by atoms with Crippen molar-refractivity contribution in [2.75, 3.05) is 0 Å². The van der Waals surface area contributed by atoms with Crippen molar-refractivity contribution in [1.29, 1.82) is 0 Å². The van der Waals surface area contributed by atoms with Crippen LogP contribution in [-0.4, -0.2) is 5.92 Å². The Bertz CT molecular complexity index is 2610. The summed E-state index contributed by atoms with van der Waals surface area (Å²) in [6.07, 6.45) is 5.89. The van der Waals surface area contributed by atoms with E-state index in [1.165, 1.54) is 60.5 Å². The Labute approximate surface area is 349 Å². The van der Waals surface area contributed by atoms with Crippen LogP contribution in [0.5, 0.6) is 0 Å². The summed E-state index contributed by atoms with van der Waals surface area (Å²) < 4.78 is 1.70. The average molecular weight is 843 g/mol. The molecule has 1 unspecified atom stereocenters. The molecule has 0 amide bonds. The summed E-state index contributed by atoms with van der Waals surface area (Å²) in [5.74, 6) is -1.17. The van der Waals surface area contributed by atoms with Crippen molar-refractivity contribution in [2.45, 2.75) is 32.1 Å². The summed E-state index contributed by atoms with van der Waals surface area (Å²) in [6, 6.07) is 64.8. The number of fused-ring (bicyclic) bond motifs is 6. The standard InChI is InChI=1S/C39H29.C12H11Si.2ClH.Zr/c1-2-11-28-24-37-34(38(28)33-19-9-18-32-29-15-6-3-14-27(29)23-36(32)33)20-10-21-35(37)39-30-16-7-4-12-25(30)22-26-13-5-8-17-31(26)39;1-3-7-11(8-4-1)13-12-9-5-2-6-10-12;;;/h3-10,12-18,20-22,24,38H,2,11,23H2,1H3;1-10,13H;2*1H;/q;;;;+2/p-2. The van der Waals surface area contributed by atoms with E-state index in [0.29, 0.717) is 0 Å². The van der Waals surface area contributed by atoms with Crippen LogP contribution in [0.2, 0.25) is 0 Å². The summed E-state index contributed by atoms with van der Waals surface area (Å²) in [5, 5.41) is 8.44. The second-order valence-corrected chi connectivity index (χ2v) is 24.9. The molecule has 2 aliphatic rings. The number of hydrogen-bond donors (Lipinski definition) is 0. The van der Waals surface area contributed by atoms with Gasteiger partial charge in [-0.1, -0.05) is 0 Å². The van der Waals surface area contributed by atoms with Crippen LogP contribution in [0.1, 0.15) is 53.5 Å². The van der Waals surface area contributed by atoms with Gasteiger partial charge in [-0.3, -0.25) is 0 Å². The van der Waals surface area contributed by atoms with Crippen molar-refractivity contribution in [3.63, 3.8) is 0 Å². The summed E-state index contributed by atoms with van der Waals surface area (Å²) in [6.45, 7) is 2.36. The van der Waals surface area contributed by atoms with Gasteiger partial charge in [-0.2, -0.15) is 0 Å². The second-order valence-electron chi connectivity index (χ2n) is 14.7. The van der Waals surface area contributed by atoms with Crippen molar-refractivity contribution < 1.29 is 47.2 Å². The molecule has 10 rings (SSSR count). The van der Waals surface area contributed by atoms with Crippen molar-refractivity contribution in [1.82, 2.24) is 0 Å². The van der Waals surface area contributed by atoms with Crippen LogP contribution in [0.15, 0.2) is 175 Å². The van der Waals surface area contributed by atoms with Crippen molar-refractivity contribution in [3.8, 4) is 22.3 Å². The Morgan fingerprint density at radius 1 is 0.582 bits per heavy atom. The maximum absolute atomic E-state index is 2.62. The summed E-state index contributed by atoms with van der Waals surface area (Å²) in [7, 11) is 0. The zero-order valence-corrected chi connectivity index (χ0v) is 35.9. The first-order valence-electron chi connectivity index (χ1n) is 19.1. The van der Waals surface area contributed by atoms with Gasteiger partial charge in [-0.15, -0.1) is 0 Å². The Morgan fingerprint density at radius 2 is 1.18 bits per heavy atom. The predicted molar refractivity (Wildman–Crippen MR) is 225 cm³/mol. The van der Waals surface area contributed by atoms with Gasteiger partial charge in [0.2, 0.25) is 0 Å². The van der Waals surface area contributed by atoms with E-state index in [-0.39, 0.29) is 30.7 Å². The molecule has 0 heterocycles. The van der Waals surface area contributed by atoms with Crippen LogP contribution in [0.3, 0.4) is 0 Å². The molecular weight excluding hydrogens is 803 g/mol. The summed E-state index contributed by atoms with van der Waals surface area (Å²) in [5.41, 5.74) is 14.8. The van der Waals surface area contributed by atoms with Crippen LogP contribution < -0.4 is 38.5 Å². The number of halogens is 2. The van der Waals surface area contributed by atoms with E-state index in [1.807, 2.05) is 0 Å². The fourth-order valence-corrected chi connectivity index (χ4v) is 22.2. The van der Waals surface area contributed by atoms with Crippen molar-refractivity contribution in [3.05, 3.63) is 203 Å². The van der Waals surface area contributed by atoms with Gasteiger partial charge in [0.25, 0.3) is 0 Å². The van der Waals surface area contributed by atoms with Crippen LogP contribution in [-0.2, 0) is 28.8 Å². The molecule has 4 heteroatoms. The van der Waals surface area contributed by atoms with E-state index in [4.69, 9.17) is 0 Å². The van der Waals surface area contributed by atoms with Crippen LogP contribution in [0, 0.1) is 0 Å². The fraction of sp³-hybridized carbons (Fsp3) is 0.0980. The molecule has 0 fully saturated rings. The van der Waals surface area contributed by atoms with Gasteiger partial charge < -0.3 is 24.8 Å². The monoisotopic (exact) mass is 840 g/mol. The molecule has 0 saturated heterocycles. The minimum atomic E-state index is -1.44. The zero-order valence-electron chi connectivity index (χ0n) is 30.8. The molecule has 8 aromatic carbocycles. The van der Waals surface area contributed by atoms with Crippen LogP contribution in [0.25, 0.3) is 49.9 Å². The Kier molecular flexibility index (Phi) is 11.0. The smallest absolute Gasteiger partial charge is 1.00 e. The molecule has 0 aliphatic heterocycles. The molecule has 0 radical (unpaired) electrons. The molecule has 0 aromatic heterocycles. The van der Waals surface area contributed by atoms with E-state index < -0.39 is 28.3 Å². The average Bonchev–Trinajstić information content (AvgIpc) is 3.78. The first kappa shape index (κ1) is 37.6. The third kappa shape index (κ3) is 6.62. The Balaban J connectivity index is 0.00000214. The SMILES string of the molecule is CCCC1=Cc2c(-c3c4ccccc4cc4ccccc34)cccc2C1c1[c]([Zr+2][SiH](c2ccccc2)c2ccccc2)ccc2c1Cc1ccccc1-2.[Cl-].[Cl-]. The topological polar surface area (TPSA) is 0 Å². The number of hydrogen-bond acceptors (Lipinski definition) is 0. The minimum absolute atomic E-state index is 0. The summed E-state index contributed by atoms with van der Waals surface area (Å²) >= 11 is -1.10. The molecule has 0 nitrogen and oxygen atoms in total. The molecule has 0 spiro atoms. The molecule has 1 atom stereocenters. The minimum Gasteiger partial charge on any atom is -1.00 e. The van der Waals surface area contributed by atoms with Crippen LogP contribution >= 0.6 is 0 Å². The molecule has 0 bridgehead atoms. The van der Waals surface area contributed by atoms with E-state index in [2.05, 4.69) is 183 Å². The van der Waals surface area contributed by atoms with Gasteiger partial charge in [0.05, 0.1) is 0 Å². The van der Waals surface area contributed by atoms with Crippen molar-refractivity contribution in [2.24, 2.45) is 0 Å². The Hall–Kier alpha value is -4.30. The largest absolute Gasteiger partial charge is 1.00 e. The molecule has 55 heavy (non-hydrogen) atoms. The van der Waals surface area contributed by atoms with Gasteiger partial charge >= 0.3 is 327 Å². The fourth-order valence-electron chi connectivity index (χ4n) is 9.33. The second kappa shape index (κ2) is 16.0. The Morgan fingerprint density at radius 3 is 1.85 bits per heavy atom. The van der Waals surface area contributed by atoms with E-state index in [1.54, 1.807) is 30.3 Å². The third-order valence-electron chi connectivity index (χ3n) is 11.6. The predicted octanol–water partition coefficient (Wildman–Crippen LogP) is 4.81. The summed E-state index contributed by atoms with van der Waals surface area (Å²) in [4.78, 5) is 0. The van der Waals surface area contributed by atoms with Crippen LogP contribution in [0.4, 0.5) is 0 Å². The molecule has 2 aliphatic carbocycles. The van der Waals surface area contributed by atoms with Gasteiger partial charge in [0.15, 0.2) is 0 Å². The maximum Gasteiger partial charge on any atom is -1.00 e. The van der Waals surface area contributed by atoms with Gasteiger partial charge in [0, 0.05) is 0 Å². The third-order valence-corrected chi connectivity index (χ3v) is 24.7. The van der Waals surface area contributed by atoms with Gasteiger partial charge in [0.1, 0.15) is 0 Å². The normalized spacial score (nSPS) is 13.7. The quantitative estimate of drug-likeness (QED) is 0.152. The molecule has 0 N–H and O–H groups in total. The molecule has 0 saturated carbocycles. The van der Waals surface area contributed by atoms with E-state index >= 15 is 0 Å². The number of rotatable bonds is 8. The van der Waals surface area contributed by atoms with Gasteiger partial charge in [-0.25, -0.2) is 0 Å². The first-order valence-corrected chi connectivity index (χ1v) is 26.3. The first-order chi connectivity index (χ1) is 26.3. The number of allylic oxidation sites excluding steroid dienone is 1. The van der Waals surface area contributed by atoms with E-state index in [0.717, 1.165) is 19.3 Å². The zero-order chi connectivity index (χ0) is 35.3. The molecular formula is C51H40Cl2SiZr. The maximum atomic E-state index is 2.62. The number of benzene rings is 8. The van der Waals surface area contributed by atoms with Gasteiger partial charge in [-0.05, 0) is 0 Å². The molecule has 266 valence electrons. The van der Waals surface area contributed by atoms with Crippen molar-refractivity contribution >= 4 is 47.2 Å².